The minimum Gasteiger partial charge on any atom is -0.198 e. The molecule has 4 saturated carbocycles. The zero-order valence-electron chi connectivity index (χ0n) is 21.6. The first-order valence-corrected chi connectivity index (χ1v) is 15.1. The summed E-state index contributed by atoms with van der Waals surface area (Å²) in [6, 6.07) is 2.89. The van der Waals surface area contributed by atoms with Crippen LogP contribution in [0.4, 0.5) is 0 Å². The Morgan fingerprint density at radius 2 is 1.38 bits per heavy atom. The lowest BCUT2D eigenvalue weighted by atomic mass is 9.48. The van der Waals surface area contributed by atoms with Crippen LogP contribution in [0.1, 0.15) is 142 Å². The molecular formula is C31H53N. The van der Waals surface area contributed by atoms with Gasteiger partial charge in [-0.1, -0.05) is 84.5 Å². The van der Waals surface area contributed by atoms with E-state index in [0.717, 1.165) is 41.4 Å². The number of unbranched alkanes of at least 4 members (excludes halogenated alkanes) is 6. The summed E-state index contributed by atoms with van der Waals surface area (Å²) < 4.78 is 0. The molecule has 0 saturated heterocycles. The molecule has 0 heterocycles. The second-order valence-electron chi connectivity index (χ2n) is 12.7. The van der Waals surface area contributed by atoms with Gasteiger partial charge in [0.1, 0.15) is 0 Å². The number of nitriles is 1. The third-order valence-corrected chi connectivity index (χ3v) is 11.0. The molecule has 0 aromatic heterocycles. The number of rotatable bonds is 10. The van der Waals surface area contributed by atoms with Crippen molar-refractivity contribution in [3.63, 3.8) is 0 Å². The van der Waals surface area contributed by atoms with Crippen LogP contribution in [0, 0.1) is 58.2 Å². The van der Waals surface area contributed by atoms with Crippen LogP contribution in [-0.2, 0) is 0 Å². The van der Waals surface area contributed by atoms with E-state index in [1.54, 1.807) is 12.8 Å². The van der Waals surface area contributed by atoms with Crippen LogP contribution in [-0.4, -0.2) is 0 Å². The molecule has 0 radical (unpaired) electrons. The van der Waals surface area contributed by atoms with E-state index in [9.17, 15) is 5.26 Å². The fourth-order valence-corrected chi connectivity index (χ4v) is 9.44. The topological polar surface area (TPSA) is 23.8 Å². The second-order valence-corrected chi connectivity index (χ2v) is 12.7. The van der Waals surface area contributed by atoms with E-state index in [1.807, 2.05) is 0 Å². The molecule has 4 rings (SSSR count). The Morgan fingerprint density at radius 3 is 2.19 bits per heavy atom. The van der Waals surface area contributed by atoms with Gasteiger partial charge >= 0.3 is 0 Å². The largest absolute Gasteiger partial charge is 0.198 e. The van der Waals surface area contributed by atoms with Crippen molar-refractivity contribution in [2.75, 3.05) is 0 Å². The fourth-order valence-electron chi connectivity index (χ4n) is 9.44. The van der Waals surface area contributed by atoms with E-state index in [2.05, 4.69) is 19.9 Å². The van der Waals surface area contributed by atoms with Gasteiger partial charge in [0.25, 0.3) is 0 Å². The second kappa shape index (κ2) is 11.8. The summed E-state index contributed by atoms with van der Waals surface area (Å²) in [4.78, 5) is 0. The van der Waals surface area contributed by atoms with E-state index < -0.39 is 0 Å². The van der Waals surface area contributed by atoms with Crippen LogP contribution in [0.3, 0.4) is 0 Å². The third-order valence-electron chi connectivity index (χ3n) is 11.0. The lowest BCUT2D eigenvalue weighted by Gasteiger charge is -2.57. The first-order valence-electron chi connectivity index (χ1n) is 15.1. The first-order chi connectivity index (χ1) is 15.7. The van der Waals surface area contributed by atoms with Gasteiger partial charge < -0.3 is 0 Å². The van der Waals surface area contributed by atoms with Gasteiger partial charge in [0.05, 0.1) is 11.5 Å². The summed E-state index contributed by atoms with van der Waals surface area (Å²) in [5.74, 6) is 7.11. The average molecular weight is 440 g/mol. The quantitative estimate of drug-likeness (QED) is 0.311. The molecule has 1 heteroatoms. The van der Waals surface area contributed by atoms with Crippen molar-refractivity contribution in [2.45, 2.75) is 142 Å². The Hall–Kier alpha value is -0.510. The van der Waals surface area contributed by atoms with E-state index in [-0.39, 0.29) is 5.41 Å². The fraction of sp³-hybridized carbons (Fsp3) is 0.968. The molecule has 4 aliphatic rings. The highest BCUT2D eigenvalue weighted by Gasteiger charge is 2.52. The molecular weight excluding hydrogens is 386 g/mol. The zero-order valence-corrected chi connectivity index (χ0v) is 21.6. The number of hydrogen-bond acceptors (Lipinski definition) is 1. The molecule has 32 heavy (non-hydrogen) atoms. The Bertz CT molecular complexity index is 604. The Kier molecular flexibility index (Phi) is 9.04. The maximum atomic E-state index is 10.2. The number of hydrogen-bond donors (Lipinski definition) is 0. The molecule has 0 amide bonds. The Labute approximate surface area is 200 Å². The normalized spacial score (nSPS) is 41.2. The summed E-state index contributed by atoms with van der Waals surface area (Å²) in [6.45, 7) is 4.65. The molecule has 0 spiro atoms. The monoisotopic (exact) mass is 439 g/mol. The minimum absolute atomic E-state index is 0.0344. The van der Waals surface area contributed by atoms with Gasteiger partial charge in [-0.05, 0) is 99.2 Å². The molecule has 0 bridgehead atoms. The van der Waals surface area contributed by atoms with Crippen molar-refractivity contribution in [3.8, 4) is 6.07 Å². The smallest absolute Gasteiger partial charge is 0.0689 e. The molecule has 0 aromatic rings. The van der Waals surface area contributed by atoms with E-state index in [0.29, 0.717) is 0 Å². The molecule has 4 fully saturated rings. The van der Waals surface area contributed by atoms with Gasteiger partial charge in [0.15, 0.2) is 0 Å². The Balaban J connectivity index is 1.34. The molecule has 0 N–H and O–H groups in total. The Morgan fingerprint density at radius 1 is 0.688 bits per heavy atom. The van der Waals surface area contributed by atoms with Crippen molar-refractivity contribution in [1.82, 2.24) is 0 Å². The number of fused-ring (bicyclic) bond motifs is 5. The standard InChI is InChI=1S/C31H53N/c1-3-5-7-8-10-20-31(23-32)21-19-27-25(22-31)15-16-30-28-14-11-13-24(12-9-6-4-2)26(28)17-18-29(27)30/h24-30H,3-22H2,1-2H3. The van der Waals surface area contributed by atoms with E-state index in [1.165, 1.54) is 116 Å². The van der Waals surface area contributed by atoms with Crippen molar-refractivity contribution in [1.29, 1.82) is 5.26 Å². The zero-order chi connectivity index (χ0) is 22.4. The van der Waals surface area contributed by atoms with Gasteiger partial charge in [0.2, 0.25) is 0 Å². The molecule has 182 valence electrons. The molecule has 0 aliphatic heterocycles. The van der Waals surface area contributed by atoms with Crippen molar-refractivity contribution >= 4 is 0 Å². The molecule has 8 atom stereocenters. The van der Waals surface area contributed by atoms with Crippen LogP contribution < -0.4 is 0 Å². The maximum absolute atomic E-state index is 10.2. The summed E-state index contributed by atoms with van der Waals surface area (Å²) >= 11 is 0. The van der Waals surface area contributed by atoms with Gasteiger partial charge in [-0.3, -0.25) is 0 Å². The van der Waals surface area contributed by atoms with E-state index >= 15 is 0 Å². The van der Waals surface area contributed by atoms with Crippen LogP contribution in [0.15, 0.2) is 0 Å². The van der Waals surface area contributed by atoms with Crippen LogP contribution in [0.2, 0.25) is 0 Å². The van der Waals surface area contributed by atoms with Crippen molar-refractivity contribution in [2.24, 2.45) is 46.8 Å². The highest BCUT2D eigenvalue weighted by molar-refractivity contribution is 5.07. The van der Waals surface area contributed by atoms with Gasteiger partial charge in [0, 0.05) is 0 Å². The van der Waals surface area contributed by atoms with Gasteiger partial charge in [-0.2, -0.15) is 5.26 Å². The third kappa shape index (κ3) is 5.41. The van der Waals surface area contributed by atoms with E-state index in [4.69, 9.17) is 0 Å². The van der Waals surface area contributed by atoms with Crippen LogP contribution in [0.5, 0.6) is 0 Å². The first kappa shape index (κ1) is 24.6. The predicted octanol–water partition coefficient (Wildman–Crippen LogP) is 9.71. The molecule has 8 unspecified atom stereocenters. The minimum atomic E-state index is 0.0344. The van der Waals surface area contributed by atoms with Gasteiger partial charge in [-0.15, -0.1) is 0 Å². The summed E-state index contributed by atoms with van der Waals surface area (Å²) in [6.07, 6.45) is 28.2. The molecule has 1 nitrogen and oxygen atoms in total. The predicted molar refractivity (Wildman–Crippen MR) is 136 cm³/mol. The highest BCUT2D eigenvalue weighted by atomic mass is 14.6. The number of nitrogens with zero attached hydrogens (tertiary/aromatic N) is 1. The summed E-state index contributed by atoms with van der Waals surface area (Å²) in [7, 11) is 0. The van der Waals surface area contributed by atoms with Crippen molar-refractivity contribution in [3.05, 3.63) is 0 Å². The lowest BCUT2D eigenvalue weighted by Crippen LogP contribution is -2.49. The molecule has 0 aromatic carbocycles. The maximum Gasteiger partial charge on any atom is 0.0689 e. The summed E-state index contributed by atoms with van der Waals surface area (Å²) in [5, 5.41) is 10.2. The van der Waals surface area contributed by atoms with Crippen LogP contribution in [0.25, 0.3) is 0 Å². The lowest BCUT2D eigenvalue weighted by molar-refractivity contribution is -0.0718. The van der Waals surface area contributed by atoms with Crippen molar-refractivity contribution < 1.29 is 0 Å². The van der Waals surface area contributed by atoms with Crippen LogP contribution >= 0.6 is 0 Å². The summed E-state index contributed by atoms with van der Waals surface area (Å²) in [5.41, 5.74) is 0.0344. The average Bonchev–Trinajstić information content (AvgIpc) is 2.83. The SMILES string of the molecule is CCCCCCCC1(C#N)CCC2C(CCC3C4CCCC(CCCCC)C4CCC23)C1. The van der Waals surface area contributed by atoms with Gasteiger partial charge in [-0.25, -0.2) is 0 Å². The highest BCUT2D eigenvalue weighted by Crippen LogP contribution is 2.60. The molecule has 4 aliphatic carbocycles.